The first-order valence-corrected chi connectivity index (χ1v) is 8.42. The highest BCUT2D eigenvalue weighted by Crippen LogP contribution is 2.34. The number of aromatic nitrogens is 1. The number of carbonyl (C=O) groups is 1. The SMILES string of the molecule is Cc1sc(-n2c(C)ccc2C)c(C(=O)N(C)CCC(F)(F)F)c1C. The molecule has 0 saturated carbocycles. The van der Waals surface area contributed by atoms with E-state index in [9.17, 15) is 18.0 Å². The van der Waals surface area contributed by atoms with Crippen molar-refractivity contribution in [1.82, 2.24) is 9.47 Å². The van der Waals surface area contributed by atoms with Gasteiger partial charge in [0.15, 0.2) is 0 Å². The average molecular weight is 358 g/mol. The molecule has 1 amide bonds. The molecule has 0 saturated heterocycles. The zero-order valence-corrected chi connectivity index (χ0v) is 15.2. The number of carbonyl (C=O) groups excluding carboxylic acids is 1. The minimum Gasteiger partial charge on any atom is -0.341 e. The first-order chi connectivity index (χ1) is 11.0. The Morgan fingerprint density at radius 2 is 1.71 bits per heavy atom. The molecule has 0 aliphatic heterocycles. The van der Waals surface area contributed by atoms with Crippen molar-refractivity contribution in [2.45, 2.75) is 40.3 Å². The lowest BCUT2D eigenvalue weighted by atomic mass is 10.1. The molecule has 0 aliphatic carbocycles. The van der Waals surface area contributed by atoms with E-state index in [0.29, 0.717) is 5.56 Å². The first kappa shape index (κ1) is 18.6. The van der Waals surface area contributed by atoms with Crippen LogP contribution in [0.25, 0.3) is 5.00 Å². The third kappa shape index (κ3) is 3.66. The number of aryl methyl sites for hydroxylation is 3. The molecule has 0 aromatic carbocycles. The number of halogens is 3. The van der Waals surface area contributed by atoms with Crippen LogP contribution in [0.5, 0.6) is 0 Å². The summed E-state index contributed by atoms with van der Waals surface area (Å²) >= 11 is 1.49. The number of hydrogen-bond acceptors (Lipinski definition) is 2. The van der Waals surface area contributed by atoms with Gasteiger partial charge >= 0.3 is 6.18 Å². The van der Waals surface area contributed by atoms with Crippen molar-refractivity contribution in [3.63, 3.8) is 0 Å². The normalized spacial score (nSPS) is 11.8. The molecule has 0 radical (unpaired) electrons. The van der Waals surface area contributed by atoms with Gasteiger partial charge in [0.25, 0.3) is 5.91 Å². The van der Waals surface area contributed by atoms with E-state index in [1.165, 1.54) is 18.4 Å². The van der Waals surface area contributed by atoms with Gasteiger partial charge in [-0.05, 0) is 45.4 Å². The molecular formula is C17H21F3N2OS. The summed E-state index contributed by atoms with van der Waals surface area (Å²) in [5.41, 5.74) is 3.29. The van der Waals surface area contributed by atoms with Gasteiger partial charge in [-0.1, -0.05) is 0 Å². The quantitative estimate of drug-likeness (QED) is 0.771. The molecule has 3 nitrogen and oxygen atoms in total. The molecule has 0 fully saturated rings. The minimum atomic E-state index is -4.27. The highest BCUT2D eigenvalue weighted by atomic mass is 32.1. The summed E-state index contributed by atoms with van der Waals surface area (Å²) in [4.78, 5) is 14.9. The molecule has 2 aromatic heterocycles. The largest absolute Gasteiger partial charge is 0.390 e. The van der Waals surface area contributed by atoms with E-state index in [2.05, 4.69) is 0 Å². The average Bonchev–Trinajstić information content (AvgIpc) is 2.95. The van der Waals surface area contributed by atoms with E-state index >= 15 is 0 Å². The number of amides is 1. The predicted octanol–water partition coefficient (Wildman–Crippen LogP) is 4.80. The Morgan fingerprint density at radius 3 is 2.21 bits per heavy atom. The van der Waals surface area contributed by atoms with Crippen LogP contribution in [-0.2, 0) is 0 Å². The van der Waals surface area contributed by atoms with Crippen LogP contribution in [-0.4, -0.2) is 35.1 Å². The molecule has 0 atom stereocenters. The van der Waals surface area contributed by atoms with Crippen molar-refractivity contribution in [2.75, 3.05) is 13.6 Å². The molecule has 7 heteroatoms. The van der Waals surface area contributed by atoms with Gasteiger partial charge in [-0.2, -0.15) is 13.2 Å². The Kier molecular flexibility index (Phi) is 5.13. The van der Waals surface area contributed by atoms with E-state index in [1.807, 2.05) is 44.4 Å². The highest BCUT2D eigenvalue weighted by molar-refractivity contribution is 7.15. The Labute approximate surface area is 143 Å². The molecule has 0 aliphatic rings. The molecule has 24 heavy (non-hydrogen) atoms. The molecule has 0 N–H and O–H groups in total. The molecular weight excluding hydrogens is 337 g/mol. The number of rotatable bonds is 4. The monoisotopic (exact) mass is 358 g/mol. The predicted molar refractivity (Wildman–Crippen MR) is 90.2 cm³/mol. The molecule has 0 spiro atoms. The van der Waals surface area contributed by atoms with Crippen molar-refractivity contribution in [1.29, 1.82) is 0 Å². The number of thiophene rings is 1. The molecule has 0 bridgehead atoms. The summed E-state index contributed by atoms with van der Waals surface area (Å²) in [5, 5.41) is 0.772. The maximum absolute atomic E-state index is 12.8. The molecule has 0 unspecified atom stereocenters. The maximum Gasteiger partial charge on any atom is 0.390 e. The third-order valence-corrected chi connectivity index (χ3v) is 5.32. The number of alkyl halides is 3. The van der Waals surface area contributed by atoms with Crippen LogP contribution < -0.4 is 0 Å². The molecule has 2 heterocycles. The number of nitrogens with zero attached hydrogens (tertiary/aromatic N) is 2. The fourth-order valence-electron chi connectivity index (χ4n) is 2.59. The second-order valence-corrected chi connectivity index (χ2v) is 7.21. The van der Waals surface area contributed by atoms with Gasteiger partial charge in [-0.25, -0.2) is 0 Å². The van der Waals surface area contributed by atoms with Crippen LogP contribution in [0, 0.1) is 27.7 Å². The van der Waals surface area contributed by atoms with Gasteiger partial charge in [0, 0.05) is 29.9 Å². The fraction of sp³-hybridized carbons (Fsp3) is 0.471. The highest BCUT2D eigenvalue weighted by Gasteiger charge is 2.30. The van der Waals surface area contributed by atoms with Crippen LogP contribution in [0.2, 0.25) is 0 Å². The van der Waals surface area contributed by atoms with Crippen molar-refractivity contribution < 1.29 is 18.0 Å². The second kappa shape index (κ2) is 6.63. The van der Waals surface area contributed by atoms with Crippen molar-refractivity contribution in [2.24, 2.45) is 0 Å². The van der Waals surface area contributed by atoms with Crippen molar-refractivity contribution >= 4 is 17.2 Å². The van der Waals surface area contributed by atoms with Crippen LogP contribution in [0.15, 0.2) is 12.1 Å². The van der Waals surface area contributed by atoms with Crippen LogP contribution in [0.4, 0.5) is 13.2 Å². The van der Waals surface area contributed by atoms with Gasteiger partial charge in [0.05, 0.1) is 12.0 Å². The fourth-order valence-corrected chi connectivity index (χ4v) is 3.86. The van der Waals surface area contributed by atoms with Gasteiger partial charge in [-0.15, -0.1) is 11.3 Å². The first-order valence-electron chi connectivity index (χ1n) is 7.60. The Hall–Kier alpha value is -1.76. The van der Waals surface area contributed by atoms with Crippen LogP contribution in [0.3, 0.4) is 0 Å². The molecule has 2 aromatic rings. The summed E-state index contributed by atoms with van der Waals surface area (Å²) in [6.45, 7) is 7.30. The van der Waals surface area contributed by atoms with Gasteiger partial charge < -0.3 is 9.47 Å². The van der Waals surface area contributed by atoms with E-state index in [4.69, 9.17) is 0 Å². The van der Waals surface area contributed by atoms with Crippen LogP contribution >= 0.6 is 11.3 Å². The lowest BCUT2D eigenvalue weighted by molar-refractivity contribution is -0.136. The number of hydrogen-bond donors (Lipinski definition) is 0. The van der Waals surface area contributed by atoms with Gasteiger partial charge in [-0.3, -0.25) is 4.79 Å². The standard InChI is InChI=1S/C17H21F3N2OS/c1-10-6-7-11(2)22(10)16-14(12(3)13(4)24-16)15(23)21(5)9-8-17(18,19)20/h6-7H,8-9H2,1-5H3. The Balaban J connectivity index is 2.42. The van der Waals surface area contributed by atoms with Crippen molar-refractivity contribution in [3.8, 4) is 5.00 Å². The lowest BCUT2D eigenvalue weighted by Crippen LogP contribution is -2.31. The molecule has 132 valence electrons. The summed E-state index contributed by atoms with van der Waals surface area (Å²) in [6, 6.07) is 3.92. The van der Waals surface area contributed by atoms with Gasteiger partial charge in [0.1, 0.15) is 5.00 Å². The van der Waals surface area contributed by atoms with E-state index < -0.39 is 12.6 Å². The van der Waals surface area contributed by atoms with Crippen molar-refractivity contribution in [3.05, 3.63) is 39.5 Å². The summed E-state index contributed by atoms with van der Waals surface area (Å²) in [7, 11) is 1.42. The second-order valence-electron chi connectivity index (χ2n) is 6.01. The zero-order valence-electron chi connectivity index (χ0n) is 14.4. The summed E-state index contributed by atoms with van der Waals surface area (Å²) in [5.74, 6) is -0.372. The van der Waals surface area contributed by atoms with E-state index in [-0.39, 0.29) is 12.5 Å². The Bertz CT molecular complexity index is 739. The minimum absolute atomic E-state index is 0.347. The van der Waals surface area contributed by atoms with Crippen LogP contribution in [0.1, 0.15) is 38.6 Å². The summed E-state index contributed by atoms with van der Waals surface area (Å²) < 4.78 is 39.3. The summed E-state index contributed by atoms with van der Waals surface area (Å²) in [6.07, 6.45) is -5.28. The molecule has 2 rings (SSSR count). The topological polar surface area (TPSA) is 25.2 Å². The van der Waals surface area contributed by atoms with E-state index in [1.54, 1.807) is 0 Å². The smallest absolute Gasteiger partial charge is 0.341 e. The third-order valence-electron chi connectivity index (χ3n) is 4.13. The Morgan fingerprint density at radius 1 is 1.17 bits per heavy atom. The van der Waals surface area contributed by atoms with E-state index in [0.717, 1.165) is 31.7 Å². The lowest BCUT2D eigenvalue weighted by Gasteiger charge is -2.20. The maximum atomic E-state index is 12.8. The van der Waals surface area contributed by atoms with Gasteiger partial charge in [0.2, 0.25) is 0 Å². The zero-order chi connectivity index (χ0) is 18.2.